The van der Waals surface area contributed by atoms with E-state index in [1.807, 2.05) is 0 Å². The Morgan fingerprint density at radius 3 is 2.03 bits per heavy atom. The molecule has 0 aromatic heterocycles. The average Bonchev–Trinajstić information content (AvgIpc) is 2.90. The van der Waals surface area contributed by atoms with Gasteiger partial charge in [-0.25, -0.2) is 9.80 Å². The second kappa shape index (κ2) is 12.8. The van der Waals surface area contributed by atoms with Crippen molar-refractivity contribution in [3.05, 3.63) is 89.5 Å². The van der Waals surface area contributed by atoms with Gasteiger partial charge in [-0.1, -0.05) is 29.5 Å². The minimum Gasteiger partial charge on any atom is -0.508 e. The first-order valence-electron chi connectivity index (χ1n) is 11.3. The highest BCUT2D eigenvalue weighted by Gasteiger charge is 2.10. The van der Waals surface area contributed by atoms with Crippen LogP contribution in [0.15, 0.2) is 83.1 Å². The Kier molecular flexibility index (Phi) is 9.27. The minimum absolute atomic E-state index is 0.183. The predicted octanol–water partition coefficient (Wildman–Crippen LogP) is 4.81. The van der Waals surface area contributed by atoms with E-state index in [0.29, 0.717) is 29.8 Å². The summed E-state index contributed by atoms with van der Waals surface area (Å²) in [6.07, 6.45) is 1.45. The van der Waals surface area contributed by atoms with Crippen molar-refractivity contribution in [3.8, 4) is 11.5 Å². The number of aromatic hydroxyl groups is 1. The smallest absolute Gasteiger partial charge is 0.337 e. The summed E-state index contributed by atoms with van der Waals surface area (Å²) >= 11 is 0. The quantitative estimate of drug-likeness (QED) is 0.189. The number of ether oxygens (including phenoxy) is 2. The molecule has 3 aromatic carbocycles. The third-order valence-electron chi connectivity index (χ3n) is 5.28. The van der Waals surface area contributed by atoms with Gasteiger partial charge in [0, 0.05) is 19.9 Å². The van der Waals surface area contributed by atoms with Gasteiger partial charge in [-0.15, -0.1) is 5.11 Å². The van der Waals surface area contributed by atoms with E-state index in [-0.39, 0.29) is 30.5 Å². The van der Waals surface area contributed by atoms with Gasteiger partial charge >= 0.3 is 11.9 Å². The number of esters is 2. The number of amides is 1. The molecule has 9 heteroatoms. The first kappa shape index (κ1) is 26.1. The number of hydrogen-bond donors (Lipinski definition) is 1. The number of carbonyl (C=O) groups is 3. The van der Waals surface area contributed by atoms with Crippen LogP contribution in [0.25, 0.3) is 0 Å². The molecular weight excluding hydrogens is 462 g/mol. The Balaban J connectivity index is 1.42. The lowest BCUT2D eigenvalue weighted by Crippen LogP contribution is -2.20. The summed E-state index contributed by atoms with van der Waals surface area (Å²) in [7, 11) is 2.83. The van der Waals surface area contributed by atoms with E-state index in [2.05, 4.69) is 15.1 Å². The number of methoxy groups -OCH3 is 1. The standard InChI is InChI=1S/C27H27N3O6/c1-30(29-28-22-11-9-21(10-12-22)27(34)35-2)25(32)17-7-20-5-15-24(16-6-20)36-26(33)18-8-19-3-13-23(31)14-4-19/h3-6,9-16,31H,7-8,17-18H2,1-2H3. The molecule has 3 rings (SSSR count). The Bertz CT molecular complexity index is 1210. The molecule has 1 N–H and O–H groups in total. The number of nitrogens with zero attached hydrogens (tertiary/aromatic N) is 3. The maximum absolute atomic E-state index is 12.4. The lowest BCUT2D eigenvalue weighted by Gasteiger charge is -2.10. The maximum Gasteiger partial charge on any atom is 0.337 e. The number of hydrogen-bond acceptors (Lipinski definition) is 8. The zero-order valence-corrected chi connectivity index (χ0v) is 20.1. The van der Waals surface area contributed by atoms with E-state index in [0.717, 1.165) is 11.1 Å². The molecule has 3 aromatic rings. The highest BCUT2D eigenvalue weighted by molar-refractivity contribution is 5.89. The van der Waals surface area contributed by atoms with E-state index in [1.165, 1.54) is 19.2 Å². The Morgan fingerprint density at radius 1 is 0.833 bits per heavy atom. The lowest BCUT2D eigenvalue weighted by atomic mass is 10.1. The molecule has 0 spiro atoms. The van der Waals surface area contributed by atoms with Gasteiger partial charge in [-0.3, -0.25) is 9.59 Å². The summed E-state index contributed by atoms with van der Waals surface area (Å²) in [5.41, 5.74) is 2.74. The molecule has 0 fully saturated rings. The van der Waals surface area contributed by atoms with Crippen LogP contribution < -0.4 is 4.74 Å². The van der Waals surface area contributed by atoms with Crippen molar-refractivity contribution in [2.75, 3.05) is 14.2 Å². The molecule has 0 saturated carbocycles. The molecule has 186 valence electrons. The van der Waals surface area contributed by atoms with Crippen LogP contribution in [-0.4, -0.2) is 42.1 Å². The summed E-state index contributed by atoms with van der Waals surface area (Å²) in [4.78, 5) is 35.9. The number of rotatable bonds is 10. The fraction of sp³-hybridized carbons (Fsp3) is 0.222. The normalized spacial score (nSPS) is 10.7. The van der Waals surface area contributed by atoms with Crippen LogP contribution in [0.1, 0.15) is 34.3 Å². The van der Waals surface area contributed by atoms with E-state index in [4.69, 9.17) is 4.74 Å². The highest BCUT2D eigenvalue weighted by atomic mass is 16.5. The molecule has 0 heterocycles. The van der Waals surface area contributed by atoms with Crippen molar-refractivity contribution in [1.29, 1.82) is 0 Å². The predicted molar refractivity (Wildman–Crippen MR) is 132 cm³/mol. The summed E-state index contributed by atoms with van der Waals surface area (Å²) < 4.78 is 10.0. The third kappa shape index (κ3) is 8.05. The average molecular weight is 490 g/mol. The van der Waals surface area contributed by atoms with Gasteiger partial charge in [0.1, 0.15) is 11.5 Å². The van der Waals surface area contributed by atoms with E-state index >= 15 is 0 Å². The van der Waals surface area contributed by atoms with Crippen LogP contribution in [0, 0.1) is 0 Å². The maximum atomic E-state index is 12.4. The molecule has 0 radical (unpaired) electrons. The molecular formula is C27H27N3O6. The first-order valence-corrected chi connectivity index (χ1v) is 11.3. The molecule has 0 unspecified atom stereocenters. The van der Waals surface area contributed by atoms with Gasteiger partial charge in [0.05, 0.1) is 18.4 Å². The molecule has 9 nitrogen and oxygen atoms in total. The van der Waals surface area contributed by atoms with Crippen LogP contribution >= 0.6 is 0 Å². The lowest BCUT2D eigenvalue weighted by molar-refractivity contribution is -0.134. The largest absolute Gasteiger partial charge is 0.508 e. The SMILES string of the molecule is COC(=O)c1ccc(N=NN(C)C(=O)CCc2ccc(OC(=O)CCc3ccc(O)cc3)cc2)cc1. The number of phenolic OH excluding ortho intramolecular Hbond substituents is 1. The monoisotopic (exact) mass is 489 g/mol. The van der Waals surface area contributed by atoms with Crippen molar-refractivity contribution in [1.82, 2.24) is 5.01 Å². The molecule has 1 amide bonds. The van der Waals surface area contributed by atoms with E-state index in [9.17, 15) is 19.5 Å². The molecule has 0 atom stereocenters. The fourth-order valence-corrected chi connectivity index (χ4v) is 3.18. The molecule has 0 bridgehead atoms. The Labute approximate surface area is 209 Å². The van der Waals surface area contributed by atoms with Crippen LogP contribution in [-0.2, 0) is 27.2 Å². The van der Waals surface area contributed by atoms with Crippen molar-refractivity contribution < 1.29 is 29.0 Å². The zero-order valence-electron chi connectivity index (χ0n) is 20.1. The molecule has 0 aliphatic carbocycles. The summed E-state index contributed by atoms with van der Waals surface area (Å²) in [6, 6.07) is 20.0. The Morgan fingerprint density at radius 2 is 1.42 bits per heavy atom. The number of benzene rings is 3. The van der Waals surface area contributed by atoms with Crippen LogP contribution in [0.5, 0.6) is 11.5 Å². The summed E-state index contributed by atoms with van der Waals surface area (Å²) in [5, 5.41) is 18.4. The molecule has 0 saturated heterocycles. The number of aryl methyl sites for hydroxylation is 2. The van der Waals surface area contributed by atoms with Gasteiger partial charge in [0.2, 0.25) is 5.91 Å². The number of phenols is 1. The summed E-state index contributed by atoms with van der Waals surface area (Å²) in [6.45, 7) is 0. The van der Waals surface area contributed by atoms with E-state index < -0.39 is 5.97 Å². The zero-order chi connectivity index (χ0) is 25.9. The number of carbonyl (C=O) groups excluding carboxylic acids is 3. The van der Waals surface area contributed by atoms with Gasteiger partial charge < -0.3 is 14.6 Å². The fourth-order valence-electron chi connectivity index (χ4n) is 3.18. The van der Waals surface area contributed by atoms with Crippen LogP contribution in [0.3, 0.4) is 0 Å². The second-order valence-corrected chi connectivity index (χ2v) is 7.93. The first-order chi connectivity index (χ1) is 17.3. The van der Waals surface area contributed by atoms with Gasteiger partial charge in [0.15, 0.2) is 0 Å². The summed E-state index contributed by atoms with van der Waals surface area (Å²) in [5.74, 6) is -0.386. The van der Waals surface area contributed by atoms with Gasteiger partial charge in [-0.05, 0) is 72.5 Å². The van der Waals surface area contributed by atoms with Crippen molar-refractivity contribution in [3.63, 3.8) is 0 Å². The van der Waals surface area contributed by atoms with Gasteiger partial charge in [0.25, 0.3) is 0 Å². The highest BCUT2D eigenvalue weighted by Crippen LogP contribution is 2.17. The Hall–Kier alpha value is -4.53. The van der Waals surface area contributed by atoms with Crippen LogP contribution in [0.4, 0.5) is 5.69 Å². The minimum atomic E-state index is -0.442. The van der Waals surface area contributed by atoms with E-state index in [1.54, 1.807) is 72.8 Å². The molecule has 0 aliphatic rings. The topological polar surface area (TPSA) is 118 Å². The van der Waals surface area contributed by atoms with Gasteiger partial charge in [-0.2, -0.15) is 0 Å². The van der Waals surface area contributed by atoms with Crippen molar-refractivity contribution in [2.45, 2.75) is 25.7 Å². The molecule has 0 aliphatic heterocycles. The molecule has 36 heavy (non-hydrogen) atoms. The second-order valence-electron chi connectivity index (χ2n) is 7.93. The van der Waals surface area contributed by atoms with Crippen molar-refractivity contribution in [2.24, 2.45) is 10.3 Å². The van der Waals surface area contributed by atoms with Crippen LogP contribution in [0.2, 0.25) is 0 Å². The van der Waals surface area contributed by atoms with Crippen molar-refractivity contribution >= 4 is 23.5 Å². The third-order valence-corrected chi connectivity index (χ3v) is 5.28.